The average Bonchev–Trinajstić information content (AvgIpc) is 2.40. The van der Waals surface area contributed by atoms with Gasteiger partial charge in [-0.25, -0.2) is 4.98 Å². The Morgan fingerprint density at radius 2 is 2.44 bits per heavy atom. The highest BCUT2D eigenvalue weighted by Gasteiger charge is 2.16. The van der Waals surface area contributed by atoms with Crippen LogP contribution in [0.15, 0.2) is 18.2 Å². The molecule has 1 aliphatic heterocycles. The third-order valence-electron chi connectivity index (χ3n) is 3.16. The van der Waals surface area contributed by atoms with Gasteiger partial charge in [0.15, 0.2) is 0 Å². The van der Waals surface area contributed by atoms with E-state index in [0.717, 1.165) is 32.0 Å². The highest BCUT2D eigenvalue weighted by atomic mass is 32.1. The molecule has 18 heavy (non-hydrogen) atoms. The molecule has 1 fully saturated rings. The van der Waals surface area contributed by atoms with Gasteiger partial charge in [-0.3, -0.25) is 0 Å². The van der Waals surface area contributed by atoms with Crippen LogP contribution >= 0.6 is 12.2 Å². The monoisotopic (exact) mass is 265 g/mol. The second-order valence-corrected chi connectivity index (χ2v) is 5.15. The van der Waals surface area contributed by atoms with E-state index in [1.54, 1.807) is 0 Å². The van der Waals surface area contributed by atoms with Gasteiger partial charge in [0, 0.05) is 20.2 Å². The molecule has 1 aromatic heterocycles. The van der Waals surface area contributed by atoms with Gasteiger partial charge < -0.3 is 15.4 Å². The van der Waals surface area contributed by atoms with E-state index in [1.165, 1.54) is 6.42 Å². The van der Waals surface area contributed by atoms with E-state index >= 15 is 0 Å². The molecule has 0 spiro atoms. The Morgan fingerprint density at radius 3 is 3.11 bits per heavy atom. The van der Waals surface area contributed by atoms with E-state index < -0.39 is 0 Å². The molecule has 1 aliphatic rings. The lowest BCUT2D eigenvalue weighted by molar-refractivity contribution is 0.0576. The topological polar surface area (TPSA) is 51.4 Å². The van der Waals surface area contributed by atoms with Crippen molar-refractivity contribution in [3.63, 3.8) is 0 Å². The van der Waals surface area contributed by atoms with Crippen LogP contribution in [-0.2, 0) is 4.74 Å². The summed E-state index contributed by atoms with van der Waals surface area (Å²) in [4.78, 5) is 6.94. The molecule has 1 aromatic rings. The largest absolute Gasteiger partial charge is 0.388 e. The van der Waals surface area contributed by atoms with Gasteiger partial charge in [-0.2, -0.15) is 0 Å². The van der Waals surface area contributed by atoms with E-state index in [1.807, 2.05) is 25.2 Å². The van der Waals surface area contributed by atoms with E-state index in [4.69, 9.17) is 22.7 Å². The standard InChI is InChI=1S/C13H19N3OS/c1-16(8-10-4-3-7-17-9-10)12-6-2-5-11(15-12)13(14)18/h2,5-6,10H,3-4,7-9H2,1H3,(H2,14,18). The van der Waals surface area contributed by atoms with Crippen LogP contribution < -0.4 is 10.6 Å². The Labute approximate surface area is 113 Å². The Hall–Kier alpha value is -1.20. The van der Waals surface area contributed by atoms with Crippen molar-refractivity contribution in [2.24, 2.45) is 11.7 Å². The van der Waals surface area contributed by atoms with Crippen molar-refractivity contribution in [2.45, 2.75) is 12.8 Å². The predicted molar refractivity (Wildman–Crippen MR) is 76.9 cm³/mol. The number of nitrogens with zero attached hydrogens (tertiary/aromatic N) is 2. The molecule has 0 saturated carbocycles. The van der Waals surface area contributed by atoms with Crippen LogP contribution in [0.2, 0.25) is 0 Å². The van der Waals surface area contributed by atoms with Gasteiger partial charge in [0.2, 0.25) is 0 Å². The molecule has 5 heteroatoms. The molecule has 4 nitrogen and oxygen atoms in total. The summed E-state index contributed by atoms with van der Waals surface area (Å²) in [5, 5.41) is 0. The van der Waals surface area contributed by atoms with Gasteiger partial charge in [-0.05, 0) is 30.9 Å². The Kier molecular flexibility index (Phi) is 4.49. The molecule has 2 heterocycles. The number of ether oxygens (including phenoxy) is 1. The summed E-state index contributed by atoms with van der Waals surface area (Å²) in [5.41, 5.74) is 6.27. The quantitative estimate of drug-likeness (QED) is 0.838. The molecule has 2 N–H and O–H groups in total. The maximum absolute atomic E-state index is 5.60. The third kappa shape index (κ3) is 3.40. The molecule has 98 valence electrons. The van der Waals surface area contributed by atoms with Gasteiger partial charge in [0.25, 0.3) is 0 Å². The van der Waals surface area contributed by atoms with E-state index in [0.29, 0.717) is 16.6 Å². The first-order valence-electron chi connectivity index (χ1n) is 6.22. The lowest BCUT2D eigenvalue weighted by Crippen LogP contribution is -2.31. The molecule has 2 rings (SSSR count). The van der Waals surface area contributed by atoms with E-state index in [9.17, 15) is 0 Å². The minimum atomic E-state index is 0.339. The van der Waals surface area contributed by atoms with Crippen LogP contribution in [0.25, 0.3) is 0 Å². The van der Waals surface area contributed by atoms with Crippen LogP contribution in [-0.4, -0.2) is 36.8 Å². The van der Waals surface area contributed by atoms with Crippen molar-refractivity contribution < 1.29 is 4.74 Å². The number of hydrogen-bond donors (Lipinski definition) is 1. The zero-order valence-electron chi connectivity index (χ0n) is 10.6. The van der Waals surface area contributed by atoms with Gasteiger partial charge in [-0.1, -0.05) is 18.3 Å². The fourth-order valence-corrected chi connectivity index (χ4v) is 2.32. The molecule has 0 aliphatic carbocycles. The summed E-state index contributed by atoms with van der Waals surface area (Å²) in [6, 6.07) is 5.75. The zero-order chi connectivity index (χ0) is 13.0. The Morgan fingerprint density at radius 1 is 1.61 bits per heavy atom. The first-order chi connectivity index (χ1) is 8.66. The van der Waals surface area contributed by atoms with Crippen molar-refractivity contribution in [1.82, 2.24) is 4.98 Å². The summed E-state index contributed by atoms with van der Waals surface area (Å²) in [5.74, 6) is 1.49. The van der Waals surface area contributed by atoms with Crippen molar-refractivity contribution in [2.75, 3.05) is 31.7 Å². The lowest BCUT2D eigenvalue weighted by atomic mass is 10.0. The summed E-state index contributed by atoms with van der Waals surface area (Å²) in [6.45, 7) is 2.70. The minimum absolute atomic E-state index is 0.339. The number of rotatable bonds is 4. The highest BCUT2D eigenvalue weighted by molar-refractivity contribution is 7.80. The summed E-state index contributed by atoms with van der Waals surface area (Å²) < 4.78 is 5.49. The van der Waals surface area contributed by atoms with E-state index in [-0.39, 0.29) is 0 Å². The number of anilines is 1. The van der Waals surface area contributed by atoms with Crippen LogP contribution in [0, 0.1) is 5.92 Å². The van der Waals surface area contributed by atoms with Gasteiger partial charge in [-0.15, -0.1) is 0 Å². The predicted octanol–water partition coefficient (Wildman–Crippen LogP) is 1.58. The fourth-order valence-electron chi connectivity index (χ4n) is 2.21. The second kappa shape index (κ2) is 6.11. The average molecular weight is 265 g/mol. The molecule has 0 aromatic carbocycles. The van der Waals surface area contributed by atoms with Crippen molar-refractivity contribution in [1.29, 1.82) is 0 Å². The molecule has 1 saturated heterocycles. The molecular weight excluding hydrogens is 246 g/mol. The maximum atomic E-state index is 5.60. The number of hydrogen-bond acceptors (Lipinski definition) is 4. The zero-order valence-corrected chi connectivity index (χ0v) is 11.4. The Bertz CT molecular complexity index is 418. The van der Waals surface area contributed by atoms with Crippen LogP contribution in [0.1, 0.15) is 18.5 Å². The first-order valence-corrected chi connectivity index (χ1v) is 6.63. The van der Waals surface area contributed by atoms with Crippen LogP contribution in [0.5, 0.6) is 0 Å². The van der Waals surface area contributed by atoms with Gasteiger partial charge in [0.1, 0.15) is 10.8 Å². The van der Waals surface area contributed by atoms with Gasteiger partial charge in [0.05, 0.1) is 12.3 Å². The number of nitrogens with two attached hydrogens (primary N) is 1. The van der Waals surface area contributed by atoms with Crippen molar-refractivity contribution >= 4 is 23.0 Å². The molecule has 1 atom stereocenters. The lowest BCUT2D eigenvalue weighted by Gasteiger charge is -2.27. The SMILES string of the molecule is CN(CC1CCCOC1)c1cccc(C(N)=S)n1. The van der Waals surface area contributed by atoms with Gasteiger partial charge >= 0.3 is 0 Å². The number of thiocarbonyl (C=S) groups is 1. The third-order valence-corrected chi connectivity index (χ3v) is 3.37. The van der Waals surface area contributed by atoms with Crippen molar-refractivity contribution in [3.8, 4) is 0 Å². The fraction of sp³-hybridized carbons (Fsp3) is 0.538. The number of pyridine rings is 1. The minimum Gasteiger partial charge on any atom is -0.388 e. The smallest absolute Gasteiger partial charge is 0.129 e. The maximum Gasteiger partial charge on any atom is 0.129 e. The van der Waals surface area contributed by atoms with E-state index in [2.05, 4.69) is 9.88 Å². The number of aromatic nitrogens is 1. The first kappa shape index (κ1) is 13.2. The normalized spacial score (nSPS) is 19.5. The molecule has 0 bridgehead atoms. The molecular formula is C13H19N3OS. The summed E-state index contributed by atoms with van der Waals surface area (Å²) in [7, 11) is 2.04. The second-order valence-electron chi connectivity index (χ2n) is 4.71. The Balaban J connectivity index is 2.01. The molecule has 1 unspecified atom stereocenters. The highest BCUT2D eigenvalue weighted by Crippen LogP contribution is 2.17. The molecule has 0 radical (unpaired) electrons. The van der Waals surface area contributed by atoms with Crippen LogP contribution in [0.3, 0.4) is 0 Å². The van der Waals surface area contributed by atoms with Crippen molar-refractivity contribution in [3.05, 3.63) is 23.9 Å². The summed E-state index contributed by atoms with van der Waals surface area (Å²) >= 11 is 4.95. The summed E-state index contributed by atoms with van der Waals surface area (Å²) in [6.07, 6.45) is 2.37. The van der Waals surface area contributed by atoms with Crippen LogP contribution in [0.4, 0.5) is 5.82 Å². The molecule has 0 amide bonds.